The second kappa shape index (κ2) is 7.92. The highest BCUT2D eigenvalue weighted by atomic mass is 35.5. The molecule has 16 heavy (non-hydrogen) atoms. The lowest BCUT2D eigenvalue weighted by Crippen LogP contribution is -2.32. The predicted molar refractivity (Wildman–Crippen MR) is 68.1 cm³/mol. The van der Waals surface area contributed by atoms with Crippen LogP contribution >= 0.6 is 48.0 Å². The van der Waals surface area contributed by atoms with Gasteiger partial charge in [0.05, 0.1) is 5.02 Å². The number of aromatic nitrogens is 1. The van der Waals surface area contributed by atoms with Gasteiger partial charge in [-0.05, 0) is 11.6 Å². The fourth-order valence-corrected chi connectivity index (χ4v) is 1.29. The summed E-state index contributed by atoms with van der Waals surface area (Å²) < 4.78 is 0. The van der Waals surface area contributed by atoms with Crippen LogP contribution in [0.5, 0.6) is 0 Å². The Bertz CT molecular complexity index is 362. The van der Waals surface area contributed by atoms with E-state index in [2.05, 4.69) is 4.98 Å². The summed E-state index contributed by atoms with van der Waals surface area (Å²) in [6.45, 7) is 0. The molecule has 1 aromatic heterocycles. The molecule has 1 rings (SSSR count). The highest BCUT2D eigenvalue weighted by molar-refractivity contribution is 6.32. The lowest BCUT2D eigenvalue weighted by atomic mass is 10.1. The fraction of sp³-hybridized carbons (Fsp3) is 0.250. The van der Waals surface area contributed by atoms with E-state index in [-0.39, 0.29) is 36.4 Å². The maximum absolute atomic E-state index is 10.5. The van der Waals surface area contributed by atoms with Gasteiger partial charge in [-0.3, -0.25) is 4.79 Å². The SMILES string of the molecule is Cl.Cl.NC(Cc1cc(Cl)cnc1Cl)C(=O)O. The number of carbonyl (C=O) groups is 1. The molecule has 0 aromatic carbocycles. The second-order valence-corrected chi connectivity index (χ2v) is 3.55. The average Bonchev–Trinajstić information content (AvgIpc) is 2.11. The van der Waals surface area contributed by atoms with Gasteiger partial charge in [-0.25, -0.2) is 4.98 Å². The predicted octanol–water partition coefficient (Wildman–Crippen LogP) is 2.19. The number of nitrogens with two attached hydrogens (primary N) is 1. The Labute approximate surface area is 115 Å². The molecular weight excluding hydrogens is 298 g/mol. The number of carboxylic acids is 1. The molecule has 0 aliphatic carbocycles. The summed E-state index contributed by atoms with van der Waals surface area (Å²) in [6, 6.07) is 0.562. The van der Waals surface area contributed by atoms with Crippen molar-refractivity contribution in [2.24, 2.45) is 5.73 Å². The first kappa shape index (κ1) is 18.1. The first-order valence-electron chi connectivity index (χ1n) is 3.79. The molecule has 0 amide bonds. The molecule has 0 saturated carbocycles. The fourth-order valence-electron chi connectivity index (χ4n) is 0.932. The summed E-state index contributed by atoms with van der Waals surface area (Å²) >= 11 is 11.4. The third-order valence-electron chi connectivity index (χ3n) is 1.64. The molecule has 1 atom stereocenters. The van der Waals surface area contributed by atoms with E-state index in [1.54, 1.807) is 6.07 Å². The molecule has 0 fully saturated rings. The van der Waals surface area contributed by atoms with Gasteiger partial charge in [0, 0.05) is 12.6 Å². The van der Waals surface area contributed by atoms with E-state index in [1.165, 1.54) is 6.20 Å². The zero-order valence-corrected chi connectivity index (χ0v) is 11.0. The largest absolute Gasteiger partial charge is 0.480 e. The van der Waals surface area contributed by atoms with Crippen LogP contribution < -0.4 is 5.73 Å². The van der Waals surface area contributed by atoms with Crippen molar-refractivity contribution in [3.63, 3.8) is 0 Å². The smallest absolute Gasteiger partial charge is 0.320 e. The Kier molecular flexibility index (Phi) is 8.97. The molecule has 1 unspecified atom stereocenters. The van der Waals surface area contributed by atoms with Crippen molar-refractivity contribution >= 4 is 54.0 Å². The topological polar surface area (TPSA) is 76.2 Å². The summed E-state index contributed by atoms with van der Waals surface area (Å²) in [6.07, 6.45) is 1.50. The van der Waals surface area contributed by atoms with Gasteiger partial charge >= 0.3 is 5.97 Å². The van der Waals surface area contributed by atoms with Gasteiger partial charge in [-0.1, -0.05) is 23.2 Å². The van der Waals surface area contributed by atoms with Crippen LogP contribution in [0.3, 0.4) is 0 Å². The molecule has 0 spiro atoms. The Morgan fingerprint density at radius 1 is 1.50 bits per heavy atom. The van der Waals surface area contributed by atoms with Gasteiger partial charge in [-0.15, -0.1) is 24.8 Å². The number of hydrogen-bond acceptors (Lipinski definition) is 3. The number of halogens is 4. The average molecular weight is 308 g/mol. The highest BCUT2D eigenvalue weighted by Crippen LogP contribution is 2.18. The van der Waals surface area contributed by atoms with Crippen molar-refractivity contribution in [1.82, 2.24) is 4.98 Å². The third-order valence-corrected chi connectivity index (χ3v) is 2.18. The van der Waals surface area contributed by atoms with Crippen LogP contribution in [0.4, 0.5) is 0 Å². The van der Waals surface area contributed by atoms with Crippen LogP contribution in [-0.4, -0.2) is 22.1 Å². The van der Waals surface area contributed by atoms with Crippen molar-refractivity contribution in [2.45, 2.75) is 12.5 Å². The van der Waals surface area contributed by atoms with E-state index >= 15 is 0 Å². The lowest BCUT2D eigenvalue weighted by molar-refractivity contribution is -0.138. The zero-order valence-electron chi connectivity index (χ0n) is 7.89. The van der Waals surface area contributed by atoms with Gasteiger partial charge in [0.25, 0.3) is 0 Å². The molecule has 8 heteroatoms. The third kappa shape index (κ3) is 5.18. The van der Waals surface area contributed by atoms with Crippen molar-refractivity contribution < 1.29 is 9.90 Å². The van der Waals surface area contributed by atoms with Crippen molar-refractivity contribution in [3.8, 4) is 0 Å². The molecule has 0 aliphatic rings. The normalized spacial score (nSPS) is 10.9. The Morgan fingerprint density at radius 3 is 2.56 bits per heavy atom. The van der Waals surface area contributed by atoms with E-state index in [9.17, 15) is 4.79 Å². The minimum Gasteiger partial charge on any atom is -0.480 e. The molecule has 3 N–H and O–H groups in total. The number of pyridine rings is 1. The van der Waals surface area contributed by atoms with Crippen LogP contribution in [-0.2, 0) is 11.2 Å². The number of rotatable bonds is 3. The second-order valence-electron chi connectivity index (χ2n) is 2.75. The standard InChI is InChI=1S/C8H8Cl2N2O2.2ClH/c9-5-1-4(7(10)12-3-5)2-6(11)8(13)14;;/h1,3,6H,2,11H2,(H,13,14);2*1H. The van der Waals surface area contributed by atoms with Crippen molar-refractivity contribution in [3.05, 3.63) is 28.0 Å². The molecule has 0 radical (unpaired) electrons. The molecule has 4 nitrogen and oxygen atoms in total. The van der Waals surface area contributed by atoms with Crippen LogP contribution in [0.1, 0.15) is 5.56 Å². The summed E-state index contributed by atoms with van der Waals surface area (Å²) in [5.41, 5.74) is 5.87. The number of hydrogen-bond donors (Lipinski definition) is 2. The molecular formula is C8H10Cl4N2O2. The highest BCUT2D eigenvalue weighted by Gasteiger charge is 2.14. The Morgan fingerprint density at radius 2 is 2.06 bits per heavy atom. The van der Waals surface area contributed by atoms with E-state index in [4.69, 9.17) is 34.0 Å². The van der Waals surface area contributed by atoms with Gasteiger partial charge in [-0.2, -0.15) is 0 Å². The van der Waals surface area contributed by atoms with Crippen LogP contribution in [0, 0.1) is 0 Å². The lowest BCUT2D eigenvalue weighted by Gasteiger charge is -2.07. The molecule has 0 bridgehead atoms. The van der Waals surface area contributed by atoms with Crippen LogP contribution in [0.2, 0.25) is 10.2 Å². The first-order valence-corrected chi connectivity index (χ1v) is 4.54. The molecule has 1 heterocycles. The Balaban J connectivity index is 0. The molecule has 92 valence electrons. The molecule has 0 aliphatic heterocycles. The minimum absolute atomic E-state index is 0. The van der Waals surface area contributed by atoms with E-state index in [0.717, 1.165) is 0 Å². The van der Waals surface area contributed by atoms with Crippen molar-refractivity contribution in [1.29, 1.82) is 0 Å². The maximum Gasteiger partial charge on any atom is 0.320 e. The van der Waals surface area contributed by atoms with Crippen LogP contribution in [0.15, 0.2) is 12.3 Å². The molecule has 1 aromatic rings. The monoisotopic (exact) mass is 306 g/mol. The van der Waals surface area contributed by atoms with E-state index in [1.807, 2.05) is 0 Å². The minimum atomic E-state index is -1.08. The first-order chi connectivity index (χ1) is 6.50. The van der Waals surface area contributed by atoms with Crippen molar-refractivity contribution in [2.75, 3.05) is 0 Å². The molecule has 0 saturated heterocycles. The maximum atomic E-state index is 10.5. The number of aliphatic carboxylic acids is 1. The quantitative estimate of drug-likeness (QED) is 0.839. The summed E-state index contributed by atoms with van der Waals surface area (Å²) in [5, 5.41) is 9.21. The van der Waals surface area contributed by atoms with Crippen LogP contribution in [0.25, 0.3) is 0 Å². The summed E-state index contributed by atoms with van der Waals surface area (Å²) in [5.74, 6) is -1.08. The Hall–Kier alpha value is -0.260. The van der Waals surface area contributed by atoms with Gasteiger partial charge in [0.2, 0.25) is 0 Å². The zero-order chi connectivity index (χ0) is 10.7. The van der Waals surface area contributed by atoms with Gasteiger partial charge in [0.1, 0.15) is 11.2 Å². The van der Waals surface area contributed by atoms with Gasteiger partial charge < -0.3 is 10.8 Å². The summed E-state index contributed by atoms with van der Waals surface area (Å²) in [7, 11) is 0. The van der Waals surface area contributed by atoms with E-state index in [0.29, 0.717) is 10.6 Å². The number of carboxylic acid groups (broad SMARTS) is 1. The van der Waals surface area contributed by atoms with E-state index < -0.39 is 12.0 Å². The summed E-state index contributed by atoms with van der Waals surface area (Å²) in [4.78, 5) is 14.3. The van der Waals surface area contributed by atoms with Gasteiger partial charge in [0.15, 0.2) is 0 Å². The number of nitrogens with zero attached hydrogens (tertiary/aromatic N) is 1.